The van der Waals surface area contributed by atoms with Crippen LogP contribution in [0.1, 0.15) is 26.2 Å². The maximum absolute atomic E-state index is 11.8. The largest absolute Gasteiger partial charge is 0.450 e. The Balaban J connectivity index is 1.66. The van der Waals surface area contributed by atoms with Gasteiger partial charge in [-0.25, -0.2) is 4.79 Å². The first kappa shape index (κ1) is 11.8. The van der Waals surface area contributed by atoms with Gasteiger partial charge in [0.05, 0.1) is 6.61 Å². The van der Waals surface area contributed by atoms with Gasteiger partial charge in [0, 0.05) is 30.9 Å². The van der Waals surface area contributed by atoms with E-state index in [4.69, 9.17) is 4.74 Å². The number of ether oxygens (including phenoxy) is 1. The van der Waals surface area contributed by atoms with E-state index in [0.29, 0.717) is 24.4 Å². The molecule has 98 valence electrons. The molecule has 0 spiro atoms. The Morgan fingerprint density at radius 2 is 2.33 bits per heavy atom. The van der Waals surface area contributed by atoms with Gasteiger partial charge in [-0.3, -0.25) is 4.99 Å². The predicted molar refractivity (Wildman–Crippen MR) is 69.5 cm³/mol. The summed E-state index contributed by atoms with van der Waals surface area (Å²) in [5.74, 6) is 1.86. The van der Waals surface area contributed by atoms with E-state index in [1.807, 2.05) is 18.0 Å². The van der Waals surface area contributed by atoms with Crippen LogP contribution < -0.4 is 0 Å². The summed E-state index contributed by atoms with van der Waals surface area (Å²) in [7, 11) is 0. The average Bonchev–Trinajstić information content (AvgIpc) is 2.79. The molecule has 18 heavy (non-hydrogen) atoms. The molecule has 2 aliphatic heterocycles. The number of likely N-dealkylation sites (tertiary alicyclic amines) is 1. The van der Waals surface area contributed by atoms with E-state index in [-0.39, 0.29) is 6.09 Å². The number of hydrogen-bond donors (Lipinski definition) is 0. The third-order valence-electron chi connectivity index (χ3n) is 4.40. The van der Waals surface area contributed by atoms with Gasteiger partial charge in [0.15, 0.2) is 0 Å². The molecule has 0 radical (unpaired) electrons. The van der Waals surface area contributed by atoms with Gasteiger partial charge in [-0.05, 0) is 38.0 Å². The van der Waals surface area contributed by atoms with Gasteiger partial charge in [0.2, 0.25) is 0 Å². The van der Waals surface area contributed by atoms with Crippen LogP contribution in [0.2, 0.25) is 0 Å². The van der Waals surface area contributed by atoms with E-state index >= 15 is 0 Å². The highest BCUT2D eigenvalue weighted by Crippen LogP contribution is 2.40. The standard InChI is InChI=1S/C14H20N2O2/c1-2-18-14(17)16-8-11-6-10-4-3-5-15-13(10)7-12(11)9-16/h3,5,10-12H,2,4,6-9H2,1H3. The van der Waals surface area contributed by atoms with Crippen LogP contribution in [0.15, 0.2) is 17.3 Å². The van der Waals surface area contributed by atoms with Crippen LogP contribution in [0, 0.1) is 17.8 Å². The van der Waals surface area contributed by atoms with Gasteiger partial charge in [0.25, 0.3) is 0 Å². The highest BCUT2D eigenvalue weighted by molar-refractivity contribution is 5.89. The van der Waals surface area contributed by atoms with Crippen molar-refractivity contribution < 1.29 is 9.53 Å². The summed E-state index contributed by atoms with van der Waals surface area (Å²) in [6.45, 7) is 4.04. The molecule has 3 aliphatic rings. The number of carbonyl (C=O) groups is 1. The number of nitrogens with zero attached hydrogens (tertiary/aromatic N) is 2. The molecule has 0 aromatic heterocycles. The number of allylic oxidation sites excluding steroid dienone is 1. The van der Waals surface area contributed by atoms with E-state index in [2.05, 4.69) is 11.1 Å². The summed E-state index contributed by atoms with van der Waals surface area (Å²) in [5.41, 5.74) is 1.35. The summed E-state index contributed by atoms with van der Waals surface area (Å²) < 4.78 is 5.09. The lowest BCUT2D eigenvalue weighted by Gasteiger charge is -2.32. The molecule has 3 atom stereocenters. The van der Waals surface area contributed by atoms with Crippen molar-refractivity contribution in [1.82, 2.24) is 4.90 Å². The highest BCUT2D eigenvalue weighted by Gasteiger charge is 2.42. The Bertz CT molecular complexity index is 403. The van der Waals surface area contributed by atoms with E-state index in [0.717, 1.165) is 25.9 Å². The fourth-order valence-corrected chi connectivity index (χ4v) is 3.50. The summed E-state index contributed by atoms with van der Waals surface area (Å²) in [6.07, 6.45) is 7.33. The van der Waals surface area contributed by atoms with Crippen LogP contribution in [0.4, 0.5) is 4.79 Å². The first-order valence-corrected chi connectivity index (χ1v) is 6.91. The predicted octanol–water partition coefficient (Wildman–Crippen LogP) is 2.46. The van der Waals surface area contributed by atoms with Crippen LogP contribution in [-0.2, 0) is 4.74 Å². The molecule has 0 aromatic carbocycles. The van der Waals surface area contributed by atoms with Crippen molar-refractivity contribution in [2.24, 2.45) is 22.7 Å². The van der Waals surface area contributed by atoms with Gasteiger partial charge in [-0.2, -0.15) is 0 Å². The minimum Gasteiger partial charge on any atom is -0.450 e. The fraction of sp³-hybridized carbons (Fsp3) is 0.714. The van der Waals surface area contributed by atoms with Crippen LogP contribution in [-0.4, -0.2) is 36.4 Å². The molecule has 4 nitrogen and oxygen atoms in total. The number of hydrogen-bond acceptors (Lipinski definition) is 3. The van der Waals surface area contributed by atoms with Crippen molar-refractivity contribution in [3.05, 3.63) is 12.3 Å². The third kappa shape index (κ3) is 2.04. The molecule has 0 bridgehead atoms. The number of aliphatic imine (C=N–C) groups is 1. The summed E-state index contributed by atoms with van der Waals surface area (Å²) >= 11 is 0. The van der Waals surface area contributed by atoms with Crippen molar-refractivity contribution >= 4 is 11.8 Å². The molecule has 3 rings (SSSR count). The van der Waals surface area contributed by atoms with Crippen LogP contribution in [0.3, 0.4) is 0 Å². The second-order valence-corrected chi connectivity index (χ2v) is 5.50. The van der Waals surface area contributed by atoms with Crippen molar-refractivity contribution in [2.75, 3.05) is 19.7 Å². The lowest BCUT2D eigenvalue weighted by atomic mass is 9.73. The van der Waals surface area contributed by atoms with E-state index in [1.165, 1.54) is 12.1 Å². The van der Waals surface area contributed by atoms with Crippen LogP contribution >= 0.6 is 0 Å². The summed E-state index contributed by atoms with van der Waals surface area (Å²) in [6, 6.07) is 0. The maximum atomic E-state index is 11.8. The number of fused-ring (bicyclic) bond motifs is 2. The number of amides is 1. The van der Waals surface area contributed by atoms with Crippen LogP contribution in [0.25, 0.3) is 0 Å². The monoisotopic (exact) mass is 248 g/mol. The molecule has 2 heterocycles. The lowest BCUT2D eigenvalue weighted by molar-refractivity contribution is 0.113. The van der Waals surface area contributed by atoms with E-state index < -0.39 is 0 Å². The molecular weight excluding hydrogens is 228 g/mol. The SMILES string of the molecule is CCOC(=O)N1CC2CC3=NC=CCC3CC2C1. The smallest absolute Gasteiger partial charge is 0.409 e. The second-order valence-electron chi connectivity index (χ2n) is 5.50. The van der Waals surface area contributed by atoms with Gasteiger partial charge < -0.3 is 9.64 Å². The molecule has 1 saturated carbocycles. The minimum absolute atomic E-state index is 0.144. The van der Waals surface area contributed by atoms with Gasteiger partial charge in [-0.1, -0.05) is 6.08 Å². The normalized spacial score (nSPS) is 33.7. The quantitative estimate of drug-likeness (QED) is 0.715. The molecular formula is C14H20N2O2. The Labute approximate surface area is 108 Å². The zero-order valence-electron chi connectivity index (χ0n) is 10.8. The number of carbonyl (C=O) groups excluding carboxylic acids is 1. The summed E-state index contributed by atoms with van der Waals surface area (Å²) in [5, 5.41) is 0. The van der Waals surface area contributed by atoms with Crippen molar-refractivity contribution in [3.63, 3.8) is 0 Å². The third-order valence-corrected chi connectivity index (χ3v) is 4.40. The first-order chi connectivity index (χ1) is 8.78. The van der Waals surface area contributed by atoms with Crippen molar-refractivity contribution in [1.29, 1.82) is 0 Å². The van der Waals surface area contributed by atoms with Gasteiger partial charge in [-0.15, -0.1) is 0 Å². The summed E-state index contributed by atoms with van der Waals surface area (Å²) in [4.78, 5) is 18.2. The molecule has 4 heteroatoms. The van der Waals surface area contributed by atoms with Gasteiger partial charge >= 0.3 is 6.09 Å². The zero-order valence-corrected chi connectivity index (χ0v) is 10.8. The Kier molecular flexibility index (Phi) is 3.10. The van der Waals surface area contributed by atoms with Gasteiger partial charge in [0.1, 0.15) is 0 Å². The molecule has 1 saturated heterocycles. The van der Waals surface area contributed by atoms with Crippen molar-refractivity contribution in [3.8, 4) is 0 Å². The number of rotatable bonds is 1. The maximum Gasteiger partial charge on any atom is 0.409 e. The molecule has 0 aromatic rings. The topological polar surface area (TPSA) is 41.9 Å². The molecule has 3 unspecified atom stereocenters. The van der Waals surface area contributed by atoms with Crippen molar-refractivity contribution in [2.45, 2.75) is 26.2 Å². The second kappa shape index (κ2) is 4.75. The Hall–Kier alpha value is -1.32. The average molecular weight is 248 g/mol. The van der Waals surface area contributed by atoms with E-state index in [1.54, 1.807) is 0 Å². The molecule has 2 fully saturated rings. The zero-order chi connectivity index (χ0) is 12.5. The highest BCUT2D eigenvalue weighted by atomic mass is 16.6. The lowest BCUT2D eigenvalue weighted by Crippen LogP contribution is -2.31. The minimum atomic E-state index is -0.144. The van der Waals surface area contributed by atoms with E-state index in [9.17, 15) is 4.79 Å². The first-order valence-electron chi connectivity index (χ1n) is 6.91. The fourth-order valence-electron chi connectivity index (χ4n) is 3.50. The Morgan fingerprint density at radius 3 is 3.17 bits per heavy atom. The van der Waals surface area contributed by atoms with Crippen LogP contribution in [0.5, 0.6) is 0 Å². The molecule has 1 amide bonds. The Morgan fingerprint density at radius 1 is 1.50 bits per heavy atom. The molecule has 0 N–H and O–H groups in total. The molecule has 1 aliphatic carbocycles.